The zero-order valence-corrected chi connectivity index (χ0v) is 15.4. The van der Waals surface area contributed by atoms with Crippen molar-refractivity contribution in [2.24, 2.45) is 0 Å². The Kier molecular flexibility index (Phi) is 4.75. The molecule has 1 amide bonds. The first-order valence-electron chi connectivity index (χ1n) is 8.41. The van der Waals surface area contributed by atoms with Crippen LogP contribution in [0.1, 0.15) is 11.3 Å². The zero-order chi connectivity index (χ0) is 18.6. The molecule has 0 aliphatic carbocycles. The maximum atomic E-state index is 12.0. The fourth-order valence-corrected chi connectivity index (χ4v) is 3.90. The van der Waals surface area contributed by atoms with Crippen LogP contribution in [0.25, 0.3) is 21.3 Å². The quantitative estimate of drug-likeness (QED) is 0.475. The van der Waals surface area contributed by atoms with Crippen molar-refractivity contribution in [2.45, 2.75) is 13.3 Å². The highest BCUT2D eigenvalue weighted by Crippen LogP contribution is 2.40. The molecule has 0 saturated carbocycles. The average Bonchev–Trinajstić information content (AvgIpc) is 3.29. The van der Waals surface area contributed by atoms with Gasteiger partial charge in [-0.2, -0.15) is 10.1 Å². The molecule has 0 unspecified atom stereocenters. The lowest BCUT2D eigenvalue weighted by molar-refractivity contribution is -0.116. The van der Waals surface area contributed by atoms with Crippen LogP contribution in [0, 0.1) is 6.92 Å². The number of rotatable bonds is 6. The molecule has 4 aromatic rings. The molecular formula is C18H17N7OS. The standard InChI is InChI=1S/C18H17N7OS/c1-11-14(12-5-3-2-4-6-12)15-16(20-9-21-17(15)27-11)19-8-7-13(26)24-18-22-10-23-25-18/h2-6,9-10H,7-8H2,1H3,(H,19,20,21)(H2,22,23,24,25,26). The van der Waals surface area contributed by atoms with Gasteiger partial charge in [0, 0.05) is 23.4 Å². The normalized spacial score (nSPS) is 10.9. The van der Waals surface area contributed by atoms with Gasteiger partial charge in [-0.15, -0.1) is 11.3 Å². The van der Waals surface area contributed by atoms with E-state index in [0.717, 1.165) is 27.2 Å². The molecule has 3 aromatic heterocycles. The van der Waals surface area contributed by atoms with Gasteiger partial charge >= 0.3 is 0 Å². The predicted octanol–water partition coefficient (Wildman–Crippen LogP) is 3.23. The van der Waals surface area contributed by atoms with Crippen LogP contribution in [0.15, 0.2) is 43.0 Å². The summed E-state index contributed by atoms with van der Waals surface area (Å²) in [5, 5.41) is 13.2. The van der Waals surface area contributed by atoms with E-state index in [0.29, 0.717) is 12.5 Å². The number of hydrogen-bond donors (Lipinski definition) is 3. The van der Waals surface area contributed by atoms with Gasteiger partial charge in [0.05, 0.1) is 5.39 Å². The van der Waals surface area contributed by atoms with Crippen molar-refractivity contribution >= 4 is 39.2 Å². The van der Waals surface area contributed by atoms with Crippen LogP contribution >= 0.6 is 11.3 Å². The highest BCUT2D eigenvalue weighted by atomic mass is 32.1. The Labute approximate surface area is 159 Å². The Bertz CT molecular complexity index is 1060. The number of aromatic nitrogens is 5. The molecular weight excluding hydrogens is 362 g/mol. The van der Waals surface area contributed by atoms with Gasteiger partial charge in [0.2, 0.25) is 11.9 Å². The summed E-state index contributed by atoms with van der Waals surface area (Å²) in [4.78, 5) is 26.8. The first-order valence-corrected chi connectivity index (χ1v) is 9.22. The first kappa shape index (κ1) is 17.1. The number of hydrogen-bond acceptors (Lipinski definition) is 7. The third-order valence-electron chi connectivity index (χ3n) is 4.04. The zero-order valence-electron chi connectivity index (χ0n) is 14.6. The van der Waals surface area contributed by atoms with E-state index in [9.17, 15) is 4.79 Å². The van der Waals surface area contributed by atoms with Gasteiger partial charge in [-0.05, 0) is 12.5 Å². The summed E-state index contributed by atoms with van der Waals surface area (Å²) < 4.78 is 0. The van der Waals surface area contributed by atoms with Gasteiger partial charge in [-0.25, -0.2) is 15.1 Å². The van der Waals surface area contributed by atoms with Gasteiger partial charge in [0.25, 0.3) is 0 Å². The van der Waals surface area contributed by atoms with Crippen LogP contribution in [0.3, 0.4) is 0 Å². The minimum absolute atomic E-state index is 0.158. The van der Waals surface area contributed by atoms with Crippen molar-refractivity contribution < 1.29 is 4.79 Å². The van der Waals surface area contributed by atoms with E-state index < -0.39 is 0 Å². The molecule has 3 N–H and O–H groups in total. The van der Waals surface area contributed by atoms with Crippen LogP contribution in [-0.4, -0.2) is 37.6 Å². The van der Waals surface area contributed by atoms with Crippen molar-refractivity contribution in [3.63, 3.8) is 0 Å². The van der Waals surface area contributed by atoms with Crippen molar-refractivity contribution in [1.82, 2.24) is 25.1 Å². The van der Waals surface area contributed by atoms with Crippen molar-refractivity contribution in [3.8, 4) is 11.1 Å². The molecule has 1 aromatic carbocycles. The lowest BCUT2D eigenvalue weighted by atomic mass is 10.0. The largest absolute Gasteiger partial charge is 0.369 e. The van der Waals surface area contributed by atoms with Crippen molar-refractivity contribution in [2.75, 3.05) is 17.2 Å². The van der Waals surface area contributed by atoms with Crippen LogP contribution in [-0.2, 0) is 4.79 Å². The summed E-state index contributed by atoms with van der Waals surface area (Å²) in [5.41, 5.74) is 2.26. The molecule has 0 radical (unpaired) electrons. The number of benzene rings is 1. The Morgan fingerprint density at radius 1 is 1.15 bits per heavy atom. The van der Waals surface area contributed by atoms with E-state index in [1.165, 1.54) is 11.2 Å². The Morgan fingerprint density at radius 3 is 2.78 bits per heavy atom. The number of thiophene rings is 1. The smallest absolute Gasteiger partial charge is 0.228 e. The first-order chi connectivity index (χ1) is 13.2. The lowest BCUT2D eigenvalue weighted by Gasteiger charge is -2.09. The minimum Gasteiger partial charge on any atom is -0.369 e. The monoisotopic (exact) mass is 379 g/mol. The summed E-state index contributed by atoms with van der Waals surface area (Å²) in [6, 6.07) is 10.2. The highest BCUT2D eigenvalue weighted by Gasteiger charge is 2.16. The molecule has 0 atom stereocenters. The number of anilines is 2. The van der Waals surface area contributed by atoms with Crippen LogP contribution in [0.5, 0.6) is 0 Å². The second kappa shape index (κ2) is 7.50. The van der Waals surface area contributed by atoms with Crippen molar-refractivity contribution in [3.05, 3.63) is 47.9 Å². The molecule has 4 rings (SSSR count). The molecule has 0 fully saturated rings. The molecule has 136 valence electrons. The maximum absolute atomic E-state index is 12.0. The molecule has 0 spiro atoms. The van der Waals surface area contributed by atoms with E-state index in [1.54, 1.807) is 17.7 Å². The van der Waals surface area contributed by atoms with Gasteiger partial charge in [0.1, 0.15) is 23.3 Å². The molecule has 27 heavy (non-hydrogen) atoms. The van der Waals surface area contributed by atoms with Crippen LogP contribution in [0.2, 0.25) is 0 Å². The van der Waals surface area contributed by atoms with Gasteiger partial charge < -0.3 is 5.32 Å². The van der Waals surface area contributed by atoms with Gasteiger partial charge in [-0.1, -0.05) is 30.3 Å². The van der Waals surface area contributed by atoms with E-state index in [1.807, 2.05) is 18.2 Å². The minimum atomic E-state index is -0.158. The SMILES string of the molecule is Cc1sc2ncnc(NCCC(=O)Nc3ncn[nH]3)c2c1-c1ccccc1. The Morgan fingerprint density at radius 2 is 2.00 bits per heavy atom. The van der Waals surface area contributed by atoms with Crippen LogP contribution < -0.4 is 10.6 Å². The highest BCUT2D eigenvalue weighted by molar-refractivity contribution is 7.19. The number of nitrogens with one attached hydrogen (secondary N) is 3. The number of fused-ring (bicyclic) bond motifs is 1. The molecule has 0 aliphatic rings. The second-order valence-corrected chi connectivity index (χ2v) is 7.06. The van der Waals surface area contributed by atoms with E-state index in [2.05, 4.69) is 54.8 Å². The topological polar surface area (TPSA) is 108 Å². The Hall–Kier alpha value is -3.33. The van der Waals surface area contributed by atoms with Crippen molar-refractivity contribution in [1.29, 1.82) is 0 Å². The van der Waals surface area contributed by atoms with E-state index >= 15 is 0 Å². The number of nitrogens with zero attached hydrogens (tertiary/aromatic N) is 4. The number of aryl methyl sites for hydroxylation is 1. The molecule has 8 nitrogen and oxygen atoms in total. The number of H-pyrrole nitrogens is 1. The number of aromatic amines is 1. The summed E-state index contributed by atoms with van der Waals surface area (Å²) in [5.74, 6) is 0.911. The maximum Gasteiger partial charge on any atom is 0.228 e. The third kappa shape index (κ3) is 3.63. The summed E-state index contributed by atoms with van der Waals surface area (Å²) in [6.07, 6.45) is 3.16. The van der Waals surface area contributed by atoms with Gasteiger partial charge in [-0.3, -0.25) is 10.1 Å². The number of amides is 1. The molecule has 0 saturated heterocycles. The molecule has 9 heteroatoms. The Balaban J connectivity index is 1.54. The van der Waals surface area contributed by atoms with Crippen LogP contribution in [0.4, 0.5) is 11.8 Å². The van der Waals surface area contributed by atoms with E-state index in [4.69, 9.17) is 0 Å². The third-order valence-corrected chi connectivity index (χ3v) is 5.06. The molecule has 0 aliphatic heterocycles. The fraction of sp³-hybridized carbons (Fsp3) is 0.167. The predicted molar refractivity (Wildman–Crippen MR) is 106 cm³/mol. The lowest BCUT2D eigenvalue weighted by Crippen LogP contribution is -2.17. The molecule has 3 heterocycles. The van der Waals surface area contributed by atoms with Gasteiger partial charge in [0.15, 0.2) is 0 Å². The fourth-order valence-electron chi connectivity index (χ4n) is 2.89. The molecule has 0 bridgehead atoms. The summed E-state index contributed by atoms with van der Waals surface area (Å²) in [6.45, 7) is 2.53. The number of carbonyl (C=O) groups excluding carboxylic acids is 1. The average molecular weight is 379 g/mol. The summed E-state index contributed by atoms with van der Waals surface area (Å²) >= 11 is 1.64. The second-order valence-electron chi connectivity index (χ2n) is 5.86. The summed E-state index contributed by atoms with van der Waals surface area (Å²) in [7, 11) is 0. The number of carbonyl (C=O) groups is 1. The van der Waals surface area contributed by atoms with E-state index in [-0.39, 0.29) is 12.3 Å².